The number of aromatic nitrogens is 1. The number of guanidine groups is 1. The molecule has 0 atom stereocenters. The standard InChI is InChI=1S/C20H16ClFN4S/c21-18-14(5-1-7-16(18)22)15-6-2-8-17-19(15)25-20(26-27-17)24-11-9-13-4-3-10-23-12-13/h1-8,10,12H,9,11H2,(H2,24,25,26). The maximum atomic E-state index is 13.9. The van der Waals surface area contributed by atoms with Crippen LogP contribution >= 0.6 is 23.5 Å². The third-order valence-electron chi connectivity index (χ3n) is 4.16. The number of aliphatic imine (C=N–C) groups is 1. The van der Waals surface area contributed by atoms with Crippen LogP contribution in [0.15, 0.2) is 70.8 Å². The number of anilines is 1. The summed E-state index contributed by atoms with van der Waals surface area (Å²) in [6, 6.07) is 14.6. The van der Waals surface area contributed by atoms with Crippen molar-refractivity contribution in [3.05, 3.63) is 77.3 Å². The van der Waals surface area contributed by atoms with Gasteiger partial charge < -0.3 is 5.32 Å². The first-order chi connectivity index (χ1) is 13.2. The molecule has 0 aliphatic carbocycles. The van der Waals surface area contributed by atoms with Crippen LogP contribution in [0.2, 0.25) is 5.02 Å². The van der Waals surface area contributed by atoms with Crippen LogP contribution in [0.4, 0.5) is 10.1 Å². The van der Waals surface area contributed by atoms with Gasteiger partial charge in [-0.05, 0) is 42.1 Å². The van der Waals surface area contributed by atoms with Crippen LogP contribution in [0.1, 0.15) is 5.56 Å². The minimum absolute atomic E-state index is 0.117. The molecule has 136 valence electrons. The summed E-state index contributed by atoms with van der Waals surface area (Å²) < 4.78 is 17.1. The highest BCUT2D eigenvalue weighted by atomic mass is 35.5. The molecule has 7 heteroatoms. The topological polar surface area (TPSA) is 49.3 Å². The lowest BCUT2D eigenvalue weighted by atomic mass is 10.0. The van der Waals surface area contributed by atoms with E-state index in [-0.39, 0.29) is 5.02 Å². The van der Waals surface area contributed by atoms with E-state index in [1.165, 1.54) is 18.0 Å². The number of halogens is 2. The molecule has 0 unspecified atom stereocenters. The molecule has 0 radical (unpaired) electrons. The number of para-hydroxylation sites is 1. The van der Waals surface area contributed by atoms with E-state index in [0.29, 0.717) is 18.1 Å². The molecule has 0 amide bonds. The number of benzene rings is 2. The van der Waals surface area contributed by atoms with Crippen LogP contribution in [0.25, 0.3) is 11.1 Å². The number of fused-ring (bicyclic) bond motifs is 1. The lowest BCUT2D eigenvalue weighted by Gasteiger charge is -2.23. The second-order valence-electron chi connectivity index (χ2n) is 5.95. The smallest absolute Gasteiger partial charge is 0.206 e. The van der Waals surface area contributed by atoms with E-state index >= 15 is 0 Å². The van der Waals surface area contributed by atoms with E-state index in [2.05, 4.69) is 20.0 Å². The molecule has 1 aliphatic heterocycles. The van der Waals surface area contributed by atoms with E-state index in [1.807, 2.05) is 42.6 Å². The van der Waals surface area contributed by atoms with Gasteiger partial charge in [-0.2, -0.15) is 0 Å². The van der Waals surface area contributed by atoms with Gasteiger partial charge in [0.05, 0.1) is 15.6 Å². The SMILES string of the molecule is Fc1cccc(-c2cccc3c2NC(=NCCc2cccnc2)NS3)c1Cl. The van der Waals surface area contributed by atoms with E-state index in [0.717, 1.165) is 28.1 Å². The maximum Gasteiger partial charge on any atom is 0.206 e. The summed E-state index contributed by atoms with van der Waals surface area (Å²) in [6.07, 6.45) is 4.40. The summed E-state index contributed by atoms with van der Waals surface area (Å²) in [4.78, 5) is 9.70. The fraction of sp³-hybridized carbons (Fsp3) is 0.100. The van der Waals surface area contributed by atoms with Gasteiger partial charge in [-0.25, -0.2) is 4.39 Å². The van der Waals surface area contributed by atoms with Gasteiger partial charge in [0.2, 0.25) is 5.96 Å². The largest absolute Gasteiger partial charge is 0.324 e. The van der Waals surface area contributed by atoms with Crippen LogP contribution in [0, 0.1) is 5.82 Å². The summed E-state index contributed by atoms with van der Waals surface area (Å²) in [6.45, 7) is 0.625. The van der Waals surface area contributed by atoms with Crippen LogP contribution < -0.4 is 10.0 Å². The Hall–Kier alpha value is -2.57. The molecule has 0 fully saturated rings. The van der Waals surface area contributed by atoms with Gasteiger partial charge in [0, 0.05) is 30.1 Å². The van der Waals surface area contributed by atoms with Gasteiger partial charge in [-0.3, -0.25) is 14.7 Å². The van der Waals surface area contributed by atoms with Crippen molar-refractivity contribution >= 4 is 35.2 Å². The summed E-state index contributed by atoms with van der Waals surface area (Å²) in [5.74, 6) is 0.232. The number of rotatable bonds is 4. The molecular weight excluding hydrogens is 383 g/mol. The second kappa shape index (κ2) is 7.98. The second-order valence-corrected chi connectivity index (χ2v) is 7.18. The fourth-order valence-corrected chi connectivity index (χ4v) is 3.80. The Morgan fingerprint density at radius 1 is 1.07 bits per heavy atom. The van der Waals surface area contributed by atoms with Crippen molar-refractivity contribution in [2.45, 2.75) is 11.3 Å². The van der Waals surface area contributed by atoms with E-state index in [9.17, 15) is 4.39 Å². The summed E-state index contributed by atoms with van der Waals surface area (Å²) in [5, 5.41) is 3.44. The van der Waals surface area contributed by atoms with Gasteiger partial charge in [0.25, 0.3) is 0 Å². The minimum Gasteiger partial charge on any atom is -0.324 e. The van der Waals surface area contributed by atoms with Crippen molar-refractivity contribution in [1.82, 2.24) is 9.71 Å². The molecule has 2 N–H and O–H groups in total. The lowest BCUT2D eigenvalue weighted by Crippen LogP contribution is -2.30. The van der Waals surface area contributed by atoms with Gasteiger partial charge in [0.1, 0.15) is 5.82 Å². The molecule has 0 bridgehead atoms. The zero-order chi connectivity index (χ0) is 18.6. The minimum atomic E-state index is -0.432. The molecule has 1 aromatic heterocycles. The first kappa shape index (κ1) is 17.8. The summed E-state index contributed by atoms with van der Waals surface area (Å²) >= 11 is 7.67. The average molecular weight is 399 g/mol. The van der Waals surface area contributed by atoms with Crippen molar-refractivity contribution in [1.29, 1.82) is 0 Å². The predicted molar refractivity (Wildman–Crippen MR) is 110 cm³/mol. The fourth-order valence-electron chi connectivity index (χ4n) is 2.84. The van der Waals surface area contributed by atoms with Gasteiger partial charge in [0.15, 0.2) is 0 Å². The highest BCUT2D eigenvalue weighted by Crippen LogP contribution is 2.40. The first-order valence-corrected chi connectivity index (χ1v) is 9.62. The van der Waals surface area contributed by atoms with Gasteiger partial charge >= 0.3 is 0 Å². The van der Waals surface area contributed by atoms with Crippen molar-refractivity contribution in [2.24, 2.45) is 4.99 Å². The van der Waals surface area contributed by atoms with Gasteiger partial charge in [-0.1, -0.05) is 41.9 Å². The number of hydrogen-bond acceptors (Lipinski definition) is 3. The maximum absolute atomic E-state index is 13.9. The predicted octanol–water partition coefficient (Wildman–Crippen LogP) is 5.16. The highest BCUT2D eigenvalue weighted by molar-refractivity contribution is 7.98. The highest BCUT2D eigenvalue weighted by Gasteiger charge is 2.20. The number of nitrogens with one attached hydrogen (secondary N) is 2. The third-order valence-corrected chi connectivity index (χ3v) is 5.40. The quantitative estimate of drug-likeness (QED) is 0.596. The Bertz CT molecular complexity index is 995. The van der Waals surface area contributed by atoms with E-state index < -0.39 is 5.82 Å². The normalized spacial score (nSPS) is 14.4. The molecule has 4 nitrogen and oxygen atoms in total. The summed E-state index contributed by atoms with van der Waals surface area (Å²) in [7, 11) is 0. The molecule has 2 heterocycles. The van der Waals surface area contributed by atoms with Crippen LogP contribution in [-0.4, -0.2) is 17.5 Å². The molecular formula is C20H16ClFN4S. The molecule has 4 rings (SSSR count). The Labute approximate surface area is 166 Å². The molecule has 0 saturated heterocycles. The summed E-state index contributed by atoms with van der Waals surface area (Å²) in [5.41, 5.74) is 3.50. The zero-order valence-electron chi connectivity index (χ0n) is 14.2. The van der Waals surface area contributed by atoms with Crippen LogP contribution in [0.5, 0.6) is 0 Å². The number of nitrogens with zero attached hydrogens (tertiary/aromatic N) is 2. The number of pyridine rings is 1. The number of hydrogen-bond donors (Lipinski definition) is 2. The Kier molecular flexibility index (Phi) is 5.27. The molecule has 0 spiro atoms. The third kappa shape index (κ3) is 3.91. The van der Waals surface area contributed by atoms with Crippen LogP contribution in [-0.2, 0) is 6.42 Å². The Balaban J connectivity index is 1.58. The molecule has 27 heavy (non-hydrogen) atoms. The first-order valence-electron chi connectivity index (χ1n) is 8.43. The molecule has 2 aromatic carbocycles. The van der Waals surface area contributed by atoms with Crippen molar-refractivity contribution in [3.8, 4) is 11.1 Å². The van der Waals surface area contributed by atoms with Gasteiger partial charge in [-0.15, -0.1) is 0 Å². The van der Waals surface area contributed by atoms with E-state index in [4.69, 9.17) is 11.6 Å². The lowest BCUT2D eigenvalue weighted by molar-refractivity contribution is 0.629. The monoisotopic (exact) mass is 398 g/mol. The van der Waals surface area contributed by atoms with Crippen molar-refractivity contribution in [2.75, 3.05) is 11.9 Å². The Morgan fingerprint density at radius 2 is 1.93 bits per heavy atom. The average Bonchev–Trinajstić information content (AvgIpc) is 2.70. The molecule has 3 aromatic rings. The molecule has 0 saturated carbocycles. The van der Waals surface area contributed by atoms with Crippen molar-refractivity contribution in [3.63, 3.8) is 0 Å². The van der Waals surface area contributed by atoms with Crippen LogP contribution in [0.3, 0.4) is 0 Å². The van der Waals surface area contributed by atoms with Crippen molar-refractivity contribution < 1.29 is 4.39 Å². The zero-order valence-corrected chi connectivity index (χ0v) is 15.8. The Morgan fingerprint density at radius 3 is 2.78 bits per heavy atom. The van der Waals surface area contributed by atoms with E-state index in [1.54, 1.807) is 12.3 Å². The molecule has 1 aliphatic rings.